The van der Waals surface area contributed by atoms with Gasteiger partial charge in [0.1, 0.15) is 24.4 Å². The fourth-order valence-corrected chi connectivity index (χ4v) is 3.54. The van der Waals surface area contributed by atoms with E-state index < -0.39 is 74.3 Å². The summed E-state index contributed by atoms with van der Waals surface area (Å²) in [5.74, 6) is -1.12. The van der Waals surface area contributed by atoms with Crippen LogP contribution in [0.5, 0.6) is 0 Å². The summed E-state index contributed by atoms with van der Waals surface area (Å²) in [5, 5.41) is 59.2. The van der Waals surface area contributed by atoms with Crippen molar-refractivity contribution >= 4 is 0 Å². The van der Waals surface area contributed by atoms with E-state index in [1.54, 1.807) is 13.8 Å². The van der Waals surface area contributed by atoms with Gasteiger partial charge in [-0.3, -0.25) is 0 Å². The minimum Gasteiger partial charge on any atom is -0.394 e. The molecule has 2 aliphatic heterocycles. The van der Waals surface area contributed by atoms with Crippen LogP contribution in [0.1, 0.15) is 26.7 Å². The zero-order chi connectivity index (χ0) is 18.7. The molecule has 0 aromatic carbocycles. The second-order valence-electron chi connectivity index (χ2n) is 6.69. The van der Waals surface area contributed by atoms with Crippen molar-refractivity contribution in [3.63, 3.8) is 0 Å². The molecular weight excluding hydrogens is 336 g/mol. The van der Waals surface area contributed by atoms with Crippen LogP contribution >= 0.6 is 0 Å². The molecule has 0 bridgehead atoms. The normalized spacial score (nSPS) is 48.5. The van der Waals surface area contributed by atoms with Crippen LogP contribution < -0.4 is 0 Å². The van der Waals surface area contributed by atoms with Gasteiger partial charge < -0.3 is 44.8 Å². The molecule has 9 nitrogen and oxygen atoms in total. The summed E-state index contributed by atoms with van der Waals surface area (Å²) in [7, 11) is 0. The van der Waals surface area contributed by atoms with Crippen LogP contribution in [0.15, 0.2) is 0 Å². The van der Waals surface area contributed by atoms with E-state index in [9.17, 15) is 30.6 Å². The highest BCUT2D eigenvalue weighted by atomic mass is 16.8. The summed E-state index contributed by atoms with van der Waals surface area (Å²) in [6.45, 7) is 2.62. The van der Waals surface area contributed by atoms with Crippen LogP contribution in [0.2, 0.25) is 0 Å². The van der Waals surface area contributed by atoms with Gasteiger partial charge >= 0.3 is 0 Å². The Balaban J connectivity index is 2.16. The Morgan fingerprint density at radius 3 is 1.32 bits per heavy atom. The van der Waals surface area contributed by atoms with E-state index in [4.69, 9.17) is 14.2 Å². The lowest BCUT2D eigenvalue weighted by molar-refractivity contribution is -0.364. The molecule has 2 rings (SSSR count). The first-order valence-electron chi connectivity index (χ1n) is 8.79. The molecule has 148 valence electrons. The third-order valence-electron chi connectivity index (χ3n) is 5.23. The van der Waals surface area contributed by atoms with Gasteiger partial charge in [0.15, 0.2) is 12.6 Å². The first-order valence-corrected chi connectivity index (χ1v) is 8.79. The summed E-state index contributed by atoms with van der Waals surface area (Å²) >= 11 is 0. The van der Waals surface area contributed by atoms with Crippen molar-refractivity contribution in [1.29, 1.82) is 0 Å². The van der Waals surface area contributed by atoms with Crippen LogP contribution in [0, 0.1) is 11.8 Å². The Morgan fingerprint density at radius 1 is 0.680 bits per heavy atom. The monoisotopic (exact) mass is 366 g/mol. The van der Waals surface area contributed by atoms with Gasteiger partial charge in [-0.2, -0.15) is 0 Å². The Bertz CT molecular complexity index is 373. The molecule has 0 aromatic rings. The molecule has 0 aromatic heterocycles. The van der Waals surface area contributed by atoms with E-state index in [0.29, 0.717) is 12.8 Å². The summed E-state index contributed by atoms with van der Waals surface area (Å²) in [4.78, 5) is 0. The number of ether oxygens (including phenoxy) is 3. The predicted molar refractivity (Wildman–Crippen MR) is 84.2 cm³/mol. The zero-order valence-corrected chi connectivity index (χ0v) is 14.5. The highest BCUT2D eigenvalue weighted by molar-refractivity contribution is 4.91. The molecule has 0 saturated carbocycles. The fraction of sp³-hybridized carbons (Fsp3) is 1.00. The molecule has 0 spiro atoms. The van der Waals surface area contributed by atoms with E-state index in [1.165, 1.54) is 0 Å². The largest absolute Gasteiger partial charge is 0.394 e. The van der Waals surface area contributed by atoms with Crippen molar-refractivity contribution in [2.75, 3.05) is 13.2 Å². The third kappa shape index (κ3) is 4.15. The number of aliphatic hydroxyl groups is 6. The zero-order valence-electron chi connectivity index (χ0n) is 14.5. The highest BCUT2D eigenvalue weighted by Crippen LogP contribution is 2.35. The number of aliphatic hydroxyl groups excluding tert-OH is 6. The van der Waals surface area contributed by atoms with Crippen LogP contribution in [-0.2, 0) is 14.2 Å². The molecule has 2 fully saturated rings. The van der Waals surface area contributed by atoms with Gasteiger partial charge in [-0.05, 0) is 12.8 Å². The van der Waals surface area contributed by atoms with E-state index in [1.807, 2.05) is 0 Å². The Labute approximate surface area is 146 Å². The summed E-state index contributed by atoms with van der Waals surface area (Å²) in [6.07, 6.45) is -7.82. The molecule has 0 amide bonds. The second kappa shape index (κ2) is 9.03. The summed E-state index contributed by atoms with van der Waals surface area (Å²) in [5.41, 5.74) is 0. The van der Waals surface area contributed by atoms with Crippen molar-refractivity contribution in [3.8, 4) is 0 Å². The van der Waals surface area contributed by atoms with Crippen LogP contribution in [0.3, 0.4) is 0 Å². The van der Waals surface area contributed by atoms with E-state index >= 15 is 0 Å². The lowest BCUT2D eigenvalue weighted by Crippen LogP contribution is -2.60. The Kier molecular flexibility index (Phi) is 7.56. The van der Waals surface area contributed by atoms with Crippen molar-refractivity contribution in [1.82, 2.24) is 0 Å². The predicted octanol–water partition coefficient (Wildman–Crippen LogP) is -2.07. The third-order valence-corrected chi connectivity index (χ3v) is 5.23. The van der Waals surface area contributed by atoms with Gasteiger partial charge in [0, 0.05) is 11.8 Å². The molecule has 6 unspecified atom stereocenters. The number of hydrogen-bond acceptors (Lipinski definition) is 9. The van der Waals surface area contributed by atoms with Crippen molar-refractivity contribution in [3.05, 3.63) is 0 Å². The second-order valence-corrected chi connectivity index (χ2v) is 6.69. The average molecular weight is 366 g/mol. The first kappa shape index (κ1) is 20.9. The quantitative estimate of drug-likeness (QED) is 0.312. The van der Waals surface area contributed by atoms with Gasteiger partial charge in [-0.15, -0.1) is 0 Å². The molecule has 10 atom stereocenters. The summed E-state index contributed by atoms with van der Waals surface area (Å²) < 4.78 is 17.0. The van der Waals surface area contributed by atoms with Gasteiger partial charge in [-0.25, -0.2) is 0 Å². The highest BCUT2D eigenvalue weighted by Gasteiger charge is 2.49. The van der Waals surface area contributed by atoms with Crippen molar-refractivity contribution in [2.24, 2.45) is 11.8 Å². The van der Waals surface area contributed by atoms with Crippen LogP contribution in [0.25, 0.3) is 0 Å². The number of hydrogen-bond donors (Lipinski definition) is 6. The van der Waals surface area contributed by atoms with E-state index in [0.717, 1.165) is 0 Å². The SMILES string of the molecule is CCC1C(O)[C@H](O)C(CO)O[C@@H]1O[C@H]1OC(CO)[C@@H](O)C(O)C1CC. The Hall–Kier alpha value is -0.360. The van der Waals surface area contributed by atoms with Gasteiger partial charge in [-0.1, -0.05) is 13.8 Å². The molecule has 2 saturated heterocycles. The van der Waals surface area contributed by atoms with E-state index in [2.05, 4.69) is 0 Å². The van der Waals surface area contributed by atoms with Gasteiger partial charge in [0.05, 0.1) is 25.4 Å². The summed E-state index contributed by atoms with van der Waals surface area (Å²) in [6, 6.07) is 0. The smallest absolute Gasteiger partial charge is 0.166 e. The fourth-order valence-electron chi connectivity index (χ4n) is 3.54. The molecule has 25 heavy (non-hydrogen) atoms. The maximum Gasteiger partial charge on any atom is 0.166 e. The van der Waals surface area contributed by atoms with Crippen LogP contribution in [-0.4, -0.2) is 93.1 Å². The lowest BCUT2D eigenvalue weighted by Gasteiger charge is -2.47. The average Bonchev–Trinajstić information content (AvgIpc) is 2.61. The molecule has 9 heteroatoms. The molecule has 2 aliphatic rings. The number of rotatable bonds is 6. The maximum absolute atomic E-state index is 10.3. The topological polar surface area (TPSA) is 149 Å². The Morgan fingerprint density at radius 2 is 1.04 bits per heavy atom. The molecule has 6 N–H and O–H groups in total. The minimum atomic E-state index is -1.23. The van der Waals surface area contributed by atoms with Crippen molar-refractivity contribution in [2.45, 2.75) is 75.9 Å². The molecule has 2 heterocycles. The van der Waals surface area contributed by atoms with Crippen LogP contribution in [0.4, 0.5) is 0 Å². The molecular formula is C16H30O9. The van der Waals surface area contributed by atoms with E-state index in [-0.39, 0.29) is 0 Å². The first-order chi connectivity index (χ1) is 11.9. The minimum absolute atomic E-state index is 0.444. The lowest BCUT2D eigenvalue weighted by atomic mass is 9.87. The van der Waals surface area contributed by atoms with Gasteiger partial charge in [0.25, 0.3) is 0 Å². The molecule has 0 radical (unpaired) electrons. The molecule has 0 aliphatic carbocycles. The van der Waals surface area contributed by atoms with Crippen molar-refractivity contribution < 1.29 is 44.8 Å². The van der Waals surface area contributed by atoms with Gasteiger partial charge in [0.2, 0.25) is 0 Å². The standard InChI is InChI=1S/C16H30O9/c1-3-7-11(19)13(21)9(5-17)23-15(7)25-16-8(4-2)12(20)14(22)10(6-18)24-16/h7-22H,3-6H2,1-2H3/t7?,8?,9?,10?,11?,12?,13-,14-,15-,16-/m1/s1. The maximum atomic E-state index is 10.3.